The molecule has 1 aliphatic heterocycles. The van der Waals surface area contributed by atoms with Gasteiger partial charge in [0.1, 0.15) is 0 Å². The summed E-state index contributed by atoms with van der Waals surface area (Å²) < 4.78 is 38.5. The van der Waals surface area contributed by atoms with E-state index in [1.54, 1.807) is 30.3 Å². The highest BCUT2D eigenvalue weighted by Gasteiger charge is 2.50. The minimum atomic E-state index is -4.11. The zero-order chi connectivity index (χ0) is 10.4. The summed E-state index contributed by atoms with van der Waals surface area (Å²) in [5.74, 6) is -2.78. The Balaban J connectivity index is 2.59. The lowest BCUT2D eigenvalue weighted by Gasteiger charge is -2.29. The summed E-state index contributed by atoms with van der Waals surface area (Å²) in [6, 6.07) is 6.73. The van der Waals surface area contributed by atoms with Gasteiger partial charge in [0, 0.05) is 7.26 Å². The Bertz CT molecular complexity index is 395. The lowest BCUT2D eigenvalue weighted by atomic mass is 10.2. The maximum atomic E-state index is 12.8. The summed E-state index contributed by atoms with van der Waals surface area (Å²) in [7, 11) is -3.07. The number of rotatable bonds is 0. The van der Waals surface area contributed by atoms with Crippen LogP contribution in [0, 0.1) is 0 Å². The van der Waals surface area contributed by atoms with Crippen LogP contribution in [0.25, 0.3) is 6.08 Å². The minimum absolute atomic E-state index is 0.451. The molecule has 1 aromatic rings. The molecule has 0 nitrogen and oxygen atoms in total. The molecular formula is C10H9F3P. The number of hydrogen-bond donors (Lipinski definition) is 0. The van der Waals surface area contributed by atoms with Crippen LogP contribution in [0.15, 0.2) is 30.1 Å². The van der Waals surface area contributed by atoms with Crippen LogP contribution in [0.2, 0.25) is 0 Å². The van der Waals surface area contributed by atoms with Crippen LogP contribution in [0.4, 0.5) is 13.2 Å². The second kappa shape index (κ2) is 2.83. The fourth-order valence-corrected chi connectivity index (χ4v) is 3.72. The van der Waals surface area contributed by atoms with Gasteiger partial charge in [-0.25, -0.2) is 0 Å². The molecule has 0 N–H and O–H groups in total. The monoisotopic (exact) mass is 217 g/mol. The molecule has 0 amide bonds. The number of fused-ring (bicyclic) bond motifs is 1. The first-order chi connectivity index (χ1) is 6.45. The molecule has 0 spiro atoms. The molecule has 1 heterocycles. The van der Waals surface area contributed by atoms with Gasteiger partial charge in [-0.3, -0.25) is 0 Å². The smallest absolute Gasteiger partial charge is 0.167 e. The lowest BCUT2D eigenvalue weighted by Crippen LogP contribution is -2.21. The Labute approximate surface area is 80.8 Å². The van der Waals surface area contributed by atoms with Crippen LogP contribution in [-0.4, -0.2) is 12.6 Å². The summed E-state index contributed by atoms with van der Waals surface area (Å²) in [6.45, 7) is 1.31. The average molecular weight is 217 g/mol. The van der Waals surface area contributed by atoms with Crippen molar-refractivity contribution in [2.75, 3.05) is 6.66 Å². The van der Waals surface area contributed by atoms with Crippen molar-refractivity contribution >= 4 is 18.6 Å². The van der Waals surface area contributed by atoms with E-state index in [0.29, 0.717) is 10.9 Å². The molecule has 0 aromatic heterocycles. The molecule has 1 aliphatic rings. The van der Waals surface area contributed by atoms with Gasteiger partial charge in [0.05, 0.1) is 0 Å². The van der Waals surface area contributed by atoms with E-state index in [1.807, 2.05) is 0 Å². The van der Waals surface area contributed by atoms with Crippen molar-refractivity contribution < 1.29 is 13.2 Å². The maximum Gasteiger partial charge on any atom is 0.408 e. The van der Waals surface area contributed by atoms with Gasteiger partial charge in [0.25, 0.3) is 0 Å². The van der Waals surface area contributed by atoms with E-state index in [0.717, 1.165) is 0 Å². The third-order valence-corrected chi connectivity index (χ3v) is 5.72. The molecule has 0 saturated carbocycles. The average Bonchev–Trinajstić information content (AvgIpc) is 2.45. The number of alkyl halides is 3. The predicted octanol–water partition coefficient (Wildman–Crippen LogP) is 3.46. The van der Waals surface area contributed by atoms with Gasteiger partial charge in [-0.2, -0.15) is 13.2 Å². The molecule has 0 bridgehead atoms. The topological polar surface area (TPSA) is 0 Å². The van der Waals surface area contributed by atoms with E-state index in [2.05, 4.69) is 0 Å². The second-order valence-corrected chi connectivity index (χ2v) is 6.86. The Kier molecular flexibility index (Phi) is 1.97. The standard InChI is InChI=1S/C10H9F3P/c1-14(10(11,12)13)7-6-8-4-2-3-5-9(8)14/h2-7H,1H3. The molecule has 1 atom stereocenters. The quantitative estimate of drug-likeness (QED) is 0.584. The number of hydrogen-bond acceptors (Lipinski definition) is 0. The molecule has 1 aromatic carbocycles. The van der Waals surface area contributed by atoms with Crippen molar-refractivity contribution in [1.82, 2.24) is 0 Å². The first kappa shape index (κ1) is 9.72. The normalized spacial score (nSPS) is 25.1. The molecule has 75 valence electrons. The Morgan fingerprint density at radius 3 is 2.43 bits per heavy atom. The van der Waals surface area contributed by atoms with Gasteiger partial charge in [-0.05, 0) is 17.5 Å². The molecule has 1 radical (unpaired) electrons. The third-order valence-electron chi connectivity index (χ3n) is 2.52. The van der Waals surface area contributed by atoms with Gasteiger partial charge >= 0.3 is 5.92 Å². The molecule has 4 heteroatoms. The Morgan fingerprint density at radius 1 is 1.14 bits per heavy atom. The van der Waals surface area contributed by atoms with E-state index in [1.165, 1.54) is 12.5 Å². The summed E-state index contributed by atoms with van der Waals surface area (Å²) in [4.78, 5) is 0. The summed E-state index contributed by atoms with van der Waals surface area (Å²) in [6.07, 6.45) is 1.58. The summed E-state index contributed by atoms with van der Waals surface area (Å²) >= 11 is 0. The lowest BCUT2D eigenvalue weighted by molar-refractivity contribution is -0.0408. The molecule has 1 unspecified atom stereocenters. The fraction of sp³-hybridized carbons (Fsp3) is 0.200. The van der Waals surface area contributed by atoms with Crippen molar-refractivity contribution in [2.45, 2.75) is 5.92 Å². The van der Waals surface area contributed by atoms with Crippen LogP contribution in [0.1, 0.15) is 5.56 Å². The molecule has 0 aliphatic carbocycles. The van der Waals surface area contributed by atoms with Crippen molar-refractivity contribution in [2.24, 2.45) is 0 Å². The minimum Gasteiger partial charge on any atom is -0.167 e. The maximum absolute atomic E-state index is 12.8. The first-order valence-electron chi connectivity index (χ1n) is 4.17. The zero-order valence-electron chi connectivity index (χ0n) is 7.55. The van der Waals surface area contributed by atoms with Crippen LogP contribution in [0.5, 0.6) is 0 Å². The second-order valence-electron chi connectivity index (χ2n) is 3.42. The highest BCUT2D eigenvalue weighted by Crippen LogP contribution is 2.71. The van der Waals surface area contributed by atoms with Crippen molar-refractivity contribution in [1.29, 1.82) is 0 Å². The van der Waals surface area contributed by atoms with Crippen LogP contribution in [-0.2, 0) is 0 Å². The fourth-order valence-electron chi connectivity index (χ4n) is 1.58. The van der Waals surface area contributed by atoms with Gasteiger partial charge in [-0.15, -0.1) is 0 Å². The molecule has 2 rings (SSSR count). The van der Waals surface area contributed by atoms with E-state index < -0.39 is 13.2 Å². The van der Waals surface area contributed by atoms with Crippen LogP contribution >= 0.6 is 7.26 Å². The van der Waals surface area contributed by atoms with Gasteiger partial charge in [0.2, 0.25) is 0 Å². The van der Waals surface area contributed by atoms with Crippen molar-refractivity contribution in [3.8, 4) is 0 Å². The zero-order valence-corrected chi connectivity index (χ0v) is 8.44. The summed E-state index contributed by atoms with van der Waals surface area (Å²) in [5, 5.41) is 0.451. The number of benzene rings is 1. The third kappa shape index (κ3) is 1.19. The first-order valence-corrected chi connectivity index (χ1v) is 6.47. The molecular weight excluding hydrogens is 208 g/mol. The Hall–Kier alpha value is -0.820. The highest BCUT2D eigenvalue weighted by atomic mass is 31.2. The van der Waals surface area contributed by atoms with Gasteiger partial charge in [-0.1, -0.05) is 36.2 Å². The summed E-state index contributed by atoms with van der Waals surface area (Å²) in [5.41, 5.74) is 0.709. The van der Waals surface area contributed by atoms with Crippen LogP contribution in [0.3, 0.4) is 0 Å². The van der Waals surface area contributed by atoms with E-state index in [4.69, 9.17) is 0 Å². The van der Waals surface area contributed by atoms with Crippen molar-refractivity contribution in [3.05, 3.63) is 35.6 Å². The number of halogens is 3. The largest absolute Gasteiger partial charge is 0.408 e. The van der Waals surface area contributed by atoms with Gasteiger partial charge < -0.3 is 0 Å². The highest BCUT2D eigenvalue weighted by molar-refractivity contribution is 7.86. The van der Waals surface area contributed by atoms with Gasteiger partial charge in [0.15, 0.2) is 0 Å². The Morgan fingerprint density at radius 2 is 1.79 bits per heavy atom. The molecule has 14 heavy (non-hydrogen) atoms. The van der Waals surface area contributed by atoms with Crippen LogP contribution < -0.4 is 5.30 Å². The molecule has 0 fully saturated rings. The van der Waals surface area contributed by atoms with E-state index >= 15 is 0 Å². The van der Waals surface area contributed by atoms with E-state index in [9.17, 15) is 13.2 Å². The SMILES string of the molecule is C[P]1(C(F)(F)F)C=Cc2ccccc21. The predicted molar refractivity (Wildman–Crippen MR) is 54.0 cm³/mol. The van der Waals surface area contributed by atoms with Crippen molar-refractivity contribution in [3.63, 3.8) is 0 Å². The molecule has 0 saturated heterocycles. The van der Waals surface area contributed by atoms with E-state index in [-0.39, 0.29) is 0 Å².